The predicted octanol–water partition coefficient (Wildman–Crippen LogP) is 3.54. The van der Waals surface area contributed by atoms with Crippen molar-refractivity contribution in [2.75, 3.05) is 7.11 Å². The van der Waals surface area contributed by atoms with Crippen molar-refractivity contribution >= 4 is 52.2 Å². The minimum absolute atomic E-state index is 0.147. The molecule has 0 atom stereocenters. The molecule has 0 bridgehead atoms. The first-order valence-corrected chi connectivity index (χ1v) is 9.05. The molecule has 0 aromatic heterocycles. The zero-order valence-electron chi connectivity index (χ0n) is 14.4. The van der Waals surface area contributed by atoms with Crippen LogP contribution in [0.5, 0.6) is 11.5 Å². The summed E-state index contributed by atoms with van der Waals surface area (Å²) < 4.78 is 5.30. The number of hydrogen-bond donors (Lipinski definition) is 1. The number of non-ortho nitro benzene ring substituents is 1. The third-order valence-electron chi connectivity index (χ3n) is 3.72. The van der Waals surface area contributed by atoms with Crippen molar-refractivity contribution in [1.82, 2.24) is 5.01 Å². The number of phenolic OH excluding ortho intramolecular Hbond substituents is 1. The molecule has 0 unspecified atom stereocenters. The Morgan fingerprint density at radius 3 is 2.64 bits per heavy atom. The summed E-state index contributed by atoms with van der Waals surface area (Å²) in [7, 11) is 1.56. The van der Waals surface area contributed by atoms with Crippen LogP contribution in [0.1, 0.15) is 11.1 Å². The number of nitro groups is 1. The van der Waals surface area contributed by atoms with Gasteiger partial charge in [0.25, 0.3) is 11.6 Å². The number of amides is 1. The molecule has 2 aromatic carbocycles. The number of rotatable bonds is 5. The lowest BCUT2D eigenvalue weighted by Crippen LogP contribution is -2.22. The fourth-order valence-corrected chi connectivity index (χ4v) is 3.45. The summed E-state index contributed by atoms with van der Waals surface area (Å²) in [5, 5.41) is 26.0. The SMILES string of the molecule is COc1ccc(/C=N\N2C(=O)/C(=C/c3cc([N+](=O)[O-])ccc3O)SC2=S)cc1. The third-order valence-corrected chi connectivity index (χ3v) is 5.00. The third kappa shape index (κ3) is 4.18. The first kappa shape index (κ1) is 19.5. The number of nitro benzene ring substituents is 1. The molecular weight excluding hydrogens is 402 g/mol. The number of nitrogens with zero attached hydrogens (tertiary/aromatic N) is 3. The summed E-state index contributed by atoms with van der Waals surface area (Å²) in [5.74, 6) is 0.0331. The highest BCUT2D eigenvalue weighted by atomic mass is 32.2. The van der Waals surface area contributed by atoms with E-state index >= 15 is 0 Å². The van der Waals surface area contributed by atoms with E-state index in [-0.39, 0.29) is 26.2 Å². The average molecular weight is 415 g/mol. The van der Waals surface area contributed by atoms with Gasteiger partial charge in [0.15, 0.2) is 4.32 Å². The summed E-state index contributed by atoms with van der Waals surface area (Å²) in [6.45, 7) is 0. The molecule has 28 heavy (non-hydrogen) atoms. The van der Waals surface area contributed by atoms with Crippen LogP contribution >= 0.6 is 24.0 Å². The van der Waals surface area contributed by atoms with E-state index in [0.717, 1.165) is 22.3 Å². The zero-order chi connectivity index (χ0) is 20.3. The molecule has 1 heterocycles. The molecule has 1 aliphatic heterocycles. The molecule has 1 N–H and O–H groups in total. The second kappa shape index (κ2) is 8.19. The number of benzene rings is 2. The van der Waals surface area contributed by atoms with Crippen molar-refractivity contribution in [3.8, 4) is 11.5 Å². The van der Waals surface area contributed by atoms with Crippen LogP contribution in [0.3, 0.4) is 0 Å². The Labute approximate surface area is 169 Å². The Hall–Kier alpha value is -3.24. The summed E-state index contributed by atoms with van der Waals surface area (Å²) in [6, 6.07) is 10.6. The maximum absolute atomic E-state index is 12.6. The Balaban J connectivity index is 1.83. The highest BCUT2D eigenvalue weighted by Crippen LogP contribution is 2.35. The molecular formula is C18H13N3O5S2. The minimum Gasteiger partial charge on any atom is -0.507 e. The van der Waals surface area contributed by atoms with E-state index < -0.39 is 10.8 Å². The van der Waals surface area contributed by atoms with Gasteiger partial charge < -0.3 is 9.84 Å². The van der Waals surface area contributed by atoms with Gasteiger partial charge in [-0.05, 0) is 54.2 Å². The standard InChI is InChI=1S/C18H13N3O5S2/c1-26-14-5-2-11(3-6-14)10-19-20-17(23)16(28-18(20)27)9-12-8-13(21(24)25)4-7-15(12)22/h2-10,22H,1H3/b16-9-,19-10-. The molecule has 0 saturated carbocycles. The van der Waals surface area contributed by atoms with E-state index in [1.165, 1.54) is 30.5 Å². The summed E-state index contributed by atoms with van der Waals surface area (Å²) >= 11 is 6.18. The van der Waals surface area contributed by atoms with Crippen LogP contribution in [0.25, 0.3) is 6.08 Å². The number of hydrogen-bond acceptors (Lipinski definition) is 8. The van der Waals surface area contributed by atoms with Crippen molar-refractivity contribution in [2.24, 2.45) is 5.10 Å². The van der Waals surface area contributed by atoms with Crippen molar-refractivity contribution in [3.63, 3.8) is 0 Å². The van der Waals surface area contributed by atoms with Gasteiger partial charge in [-0.1, -0.05) is 11.8 Å². The second-order valence-electron chi connectivity index (χ2n) is 5.51. The highest BCUT2D eigenvalue weighted by Gasteiger charge is 2.32. The maximum atomic E-state index is 12.6. The van der Waals surface area contributed by atoms with E-state index in [0.29, 0.717) is 5.75 Å². The van der Waals surface area contributed by atoms with Crippen LogP contribution in [0.4, 0.5) is 5.69 Å². The van der Waals surface area contributed by atoms with Gasteiger partial charge in [0.1, 0.15) is 11.5 Å². The van der Waals surface area contributed by atoms with Crippen LogP contribution in [0.15, 0.2) is 52.5 Å². The lowest BCUT2D eigenvalue weighted by Gasteiger charge is -2.06. The first-order chi connectivity index (χ1) is 13.4. The Kier molecular flexibility index (Phi) is 5.71. The summed E-state index contributed by atoms with van der Waals surface area (Å²) in [5.41, 5.74) is 0.695. The van der Waals surface area contributed by atoms with Crippen molar-refractivity contribution in [3.05, 3.63) is 68.6 Å². The highest BCUT2D eigenvalue weighted by molar-refractivity contribution is 8.26. The number of hydrazone groups is 1. The number of phenols is 1. The van der Waals surface area contributed by atoms with Crippen LogP contribution < -0.4 is 4.74 Å². The molecule has 1 fully saturated rings. The number of thioether (sulfide) groups is 1. The largest absolute Gasteiger partial charge is 0.507 e. The van der Waals surface area contributed by atoms with Gasteiger partial charge in [0.05, 0.1) is 23.2 Å². The predicted molar refractivity (Wildman–Crippen MR) is 110 cm³/mol. The quantitative estimate of drug-likeness (QED) is 0.262. The van der Waals surface area contributed by atoms with Gasteiger partial charge in [-0.25, -0.2) is 0 Å². The monoisotopic (exact) mass is 415 g/mol. The zero-order valence-corrected chi connectivity index (χ0v) is 16.1. The fourth-order valence-electron chi connectivity index (χ4n) is 2.29. The lowest BCUT2D eigenvalue weighted by molar-refractivity contribution is -0.384. The van der Waals surface area contributed by atoms with Gasteiger partial charge in [0, 0.05) is 17.7 Å². The normalized spacial score (nSPS) is 15.6. The molecule has 0 spiro atoms. The Morgan fingerprint density at radius 2 is 2.00 bits per heavy atom. The van der Waals surface area contributed by atoms with E-state index in [2.05, 4.69) is 5.10 Å². The number of methoxy groups -OCH3 is 1. The van der Waals surface area contributed by atoms with E-state index in [9.17, 15) is 20.0 Å². The van der Waals surface area contributed by atoms with E-state index in [1.807, 2.05) is 0 Å². The minimum atomic E-state index is -0.582. The van der Waals surface area contributed by atoms with Gasteiger partial charge in [-0.3, -0.25) is 14.9 Å². The number of ether oxygens (including phenoxy) is 1. The van der Waals surface area contributed by atoms with Crippen LogP contribution in [0.2, 0.25) is 0 Å². The molecule has 3 rings (SSSR count). The topological polar surface area (TPSA) is 105 Å². The molecule has 0 radical (unpaired) electrons. The second-order valence-corrected chi connectivity index (χ2v) is 7.19. The average Bonchev–Trinajstić information content (AvgIpc) is 2.95. The summed E-state index contributed by atoms with van der Waals surface area (Å²) in [6.07, 6.45) is 2.84. The van der Waals surface area contributed by atoms with Crippen LogP contribution in [-0.4, -0.2) is 38.6 Å². The van der Waals surface area contributed by atoms with Gasteiger partial charge in [-0.2, -0.15) is 10.1 Å². The molecule has 8 nitrogen and oxygen atoms in total. The van der Waals surface area contributed by atoms with E-state index in [4.69, 9.17) is 17.0 Å². The summed E-state index contributed by atoms with van der Waals surface area (Å²) in [4.78, 5) is 23.1. The lowest BCUT2D eigenvalue weighted by atomic mass is 10.1. The van der Waals surface area contributed by atoms with Crippen molar-refractivity contribution in [2.45, 2.75) is 0 Å². The van der Waals surface area contributed by atoms with Crippen molar-refractivity contribution < 1.29 is 19.6 Å². The Morgan fingerprint density at radius 1 is 1.29 bits per heavy atom. The number of carbonyl (C=O) groups excluding carboxylic acids is 1. The number of thiocarbonyl (C=S) groups is 1. The molecule has 1 saturated heterocycles. The molecule has 10 heteroatoms. The maximum Gasteiger partial charge on any atom is 0.286 e. The van der Waals surface area contributed by atoms with Gasteiger partial charge in [0.2, 0.25) is 0 Å². The molecule has 0 aliphatic carbocycles. The smallest absolute Gasteiger partial charge is 0.286 e. The molecule has 1 aliphatic rings. The number of carbonyl (C=O) groups is 1. The van der Waals surface area contributed by atoms with E-state index in [1.54, 1.807) is 31.4 Å². The van der Waals surface area contributed by atoms with Crippen LogP contribution in [-0.2, 0) is 4.79 Å². The van der Waals surface area contributed by atoms with Crippen molar-refractivity contribution in [1.29, 1.82) is 0 Å². The van der Waals surface area contributed by atoms with Gasteiger partial charge >= 0.3 is 0 Å². The molecule has 1 amide bonds. The molecule has 142 valence electrons. The Bertz CT molecular complexity index is 1020. The van der Waals surface area contributed by atoms with Crippen LogP contribution in [0, 0.1) is 10.1 Å². The fraction of sp³-hybridized carbons (Fsp3) is 0.0556. The van der Waals surface area contributed by atoms with Gasteiger partial charge in [-0.15, -0.1) is 0 Å². The number of aromatic hydroxyl groups is 1. The first-order valence-electron chi connectivity index (χ1n) is 7.82. The molecule has 2 aromatic rings.